The summed E-state index contributed by atoms with van der Waals surface area (Å²) in [4.78, 5) is 11.9. The number of carbonyl (C=O) groups is 1. The minimum absolute atomic E-state index is 0.135. The minimum Gasteiger partial charge on any atom is -0.504 e. The molecule has 0 saturated carbocycles. The second-order valence-electron chi connectivity index (χ2n) is 4.39. The third-order valence-electron chi connectivity index (χ3n) is 2.93. The van der Waals surface area contributed by atoms with Crippen LogP contribution in [0.2, 0.25) is 0 Å². The second-order valence-corrected chi connectivity index (χ2v) is 4.39. The van der Waals surface area contributed by atoms with Crippen LogP contribution < -0.4 is 18.9 Å². The van der Waals surface area contributed by atoms with Crippen molar-refractivity contribution in [3.05, 3.63) is 42.0 Å². The molecule has 2 aromatic carbocycles. The number of benzene rings is 2. The molecule has 0 spiro atoms. The zero-order valence-corrected chi connectivity index (χ0v) is 12.5. The van der Waals surface area contributed by atoms with Crippen LogP contribution in [0, 0.1) is 6.92 Å². The van der Waals surface area contributed by atoms with E-state index in [1.54, 1.807) is 25.1 Å². The van der Waals surface area contributed by atoms with E-state index in [9.17, 15) is 9.90 Å². The van der Waals surface area contributed by atoms with Crippen molar-refractivity contribution < 1.29 is 28.8 Å². The van der Waals surface area contributed by atoms with Gasteiger partial charge in [0.25, 0.3) is 0 Å². The van der Waals surface area contributed by atoms with Crippen molar-refractivity contribution in [3.63, 3.8) is 0 Å². The van der Waals surface area contributed by atoms with Gasteiger partial charge in [-0.2, -0.15) is 0 Å². The normalized spacial score (nSPS) is 9.95. The maximum absolute atomic E-state index is 11.9. The van der Waals surface area contributed by atoms with Crippen LogP contribution in [0.3, 0.4) is 0 Å². The number of para-hydroxylation sites is 1. The maximum atomic E-state index is 11.9. The Kier molecular flexibility index (Phi) is 4.73. The fourth-order valence-corrected chi connectivity index (χ4v) is 1.85. The van der Waals surface area contributed by atoms with Crippen LogP contribution in [-0.4, -0.2) is 25.5 Å². The molecule has 0 fully saturated rings. The molecule has 0 unspecified atom stereocenters. The molecule has 0 aliphatic heterocycles. The van der Waals surface area contributed by atoms with Gasteiger partial charge in [-0.1, -0.05) is 12.1 Å². The average Bonchev–Trinajstić information content (AvgIpc) is 2.49. The molecule has 0 radical (unpaired) electrons. The highest BCUT2D eigenvalue weighted by Gasteiger charge is 2.15. The van der Waals surface area contributed by atoms with Gasteiger partial charge in [0.1, 0.15) is 5.75 Å². The molecule has 6 heteroatoms. The molecule has 2 aromatic rings. The topological polar surface area (TPSA) is 74.2 Å². The SMILES string of the molecule is COc1ccc(OC(=O)Oc2c(C)cccc2OC)cc1O. The van der Waals surface area contributed by atoms with Crippen LogP contribution in [0.15, 0.2) is 36.4 Å². The highest BCUT2D eigenvalue weighted by molar-refractivity contribution is 5.69. The largest absolute Gasteiger partial charge is 0.519 e. The Bertz CT molecular complexity index is 680. The van der Waals surface area contributed by atoms with Crippen molar-refractivity contribution in [2.75, 3.05) is 14.2 Å². The van der Waals surface area contributed by atoms with Gasteiger partial charge in [-0.3, -0.25) is 0 Å². The minimum atomic E-state index is -0.933. The molecule has 1 N–H and O–H groups in total. The van der Waals surface area contributed by atoms with Gasteiger partial charge >= 0.3 is 6.16 Å². The number of phenols is 1. The summed E-state index contributed by atoms with van der Waals surface area (Å²) in [6.45, 7) is 1.78. The number of hydrogen-bond donors (Lipinski definition) is 1. The first-order valence-electron chi connectivity index (χ1n) is 6.45. The Morgan fingerprint density at radius 1 is 1.00 bits per heavy atom. The van der Waals surface area contributed by atoms with Gasteiger partial charge in [-0.05, 0) is 30.7 Å². The number of aryl methyl sites for hydroxylation is 1. The molecule has 116 valence electrons. The summed E-state index contributed by atoms with van der Waals surface area (Å²) in [5.74, 6) is 0.987. The first-order valence-corrected chi connectivity index (χ1v) is 6.45. The molecule has 2 rings (SSSR count). The van der Waals surface area contributed by atoms with Gasteiger partial charge in [-0.25, -0.2) is 4.79 Å². The van der Waals surface area contributed by atoms with Crippen LogP contribution in [-0.2, 0) is 0 Å². The van der Waals surface area contributed by atoms with Crippen molar-refractivity contribution in [1.29, 1.82) is 0 Å². The molecule has 0 heterocycles. The van der Waals surface area contributed by atoms with E-state index in [4.69, 9.17) is 18.9 Å². The number of carbonyl (C=O) groups excluding carboxylic acids is 1. The summed E-state index contributed by atoms with van der Waals surface area (Å²) < 4.78 is 20.2. The smallest absolute Gasteiger partial charge is 0.504 e. The van der Waals surface area contributed by atoms with Gasteiger partial charge in [0.15, 0.2) is 23.0 Å². The fourth-order valence-electron chi connectivity index (χ4n) is 1.85. The third kappa shape index (κ3) is 3.41. The quantitative estimate of drug-likeness (QED) is 0.690. The van der Waals surface area contributed by atoms with E-state index in [-0.39, 0.29) is 23.0 Å². The highest BCUT2D eigenvalue weighted by atomic mass is 16.7. The predicted octanol–water partition coefficient (Wildman–Crippen LogP) is 3.30. The predicted molar refractivity (Wildman–Crippen MR) is 79.0 cm³/mol. The fraction of sp³-hybridized carbons (Fsp3) is 0.188. The van der Waals surface area contributed by atoms with E-state index in [0.29, 0.717) is 5.75 Å². The van der Waals surface area contributed by atoms with E-state index in [1.807, 2.05) is 0 Å². The Labute approximate surface area is 127 Å². The lowest BCUT2D eigenvalue weighted by Crippen LogP contribution is -2.15. The molecule has 0 aliphatic carbocycles. The van der Waals surface area contributed by atoms with Crippen molar-refractivity contribution in [3.8, 4) is 28.7 Å². The Morgan fingerprint density at radius 3 is 2.36 bits per heavy atom. The lowest BCUT2D eigenvalue weighted by Gasteiger charge is -2.12. The number of hydrogen-bond acceptors (Lipinski definition) is 6. The van der Waals surface area contributed by atoms with E-state index >= 15 is 0 Å². The van der Waals surface area contributed by atoms with Crippen LogP contribution in [0.4, 0.5) is 4.79 Å². The monoisotopic (exact) mass is 304 g/mol. The Morgan fingerprint density at radius 2 is 1.73 bits per heavy atom. The first-order chi connectivity index (χ1) is 10.5. The molecule has 0 aliphatic rings. The zero-order chi connectivity index (χ0) is 16.1. The van der Waals surface area contributed by atoms with Crippen LogP contribution >= 0.6 is 0 Å². The molecule has 22 heavy (non-hydrogen) atoms. The average molecular weight is 304 g/mol. The van der Waals surface area contributed by atoms with E-state index in [1.165, 1.54) is 32.4 Å². The summed E-state index contributed by atoms with van der Waals surface area (Å²) in [5, 5.41) is 9.64. The van der Waals surface area contributed by atoms with Crippen molar-refractivity contribution in [2.24, 2.45) is 0 Å². The number of ether oxygens (including phenoxy) is 4. The number of rotatable bonds is 4. The number of aromatic hydroxyl groups is 1. The van der Waals surface area contributed by atoms with Crippen molar-refractivity contribution >= 4 is 6.16 Å². The molecular formula is C16H16O6. The zero-order valence-electron chi connectivity index (χ0n) is 12.5. The van der Waals surface area contributed by atoms with Gasteiger partial charge < -0.3 is 24.1 Å². The first kappa shape index (κ1) is 15.5. The summed E-state index contributed by atoms with van der Waals surface area (Å²) >= 11 is 0. The summed E-state index contributed by atoms with van der Waals surface area (Å²) in [6.07, 6.45) is -0.933. The molecule has 0 bridgehead atoms. The molecule has 0 saturated heterocycles. The van der Waals surface area contributed by atoms with Gasteiger partial charge in [-0.15, -0.1) is 0 Å². The lowest BCUT2D eigenvalue weighted by molar-refractivity contribution is 0.149. The van der Waals surface area contributed by atoms with E-state index < -0.39 is 6.16 Å². The standard InChI is InChI=1S/C16H16O6/c1-10-5-4-6-14(20-3)15(10)22-16(18)21-11-7-8-13(19-2)12(17)9-11/h4-9,17H,1-3H3. The molecule has 6 nitrogen and oxygen atoms in total. The van der Waals surface area contributed by atoms with E-state index in [2.05, 4.69) is 0 Å². The Balaban J connectivity index is 2.12. The third-order valence-corrected chi connectivity index (χ3v) is 2.93. The molecule has 0 aromatic heterocycles. The number of methoxy groups -OCH3 is 2. The Hall–Kier alpha value is -2.89. The van der Waals surface area contributed by atoms with Gasteiger partial charge in [0.05, 0.1) is 14.2 Å². The molecule has 0 atom stereocenters. The lowest BCUT2D eigenvalue weighted by atomic mass is 10.2. The van der Waals surface area contributed by atoms with Crippen LogP contribution in [0.25, 0.3) is 0 Å². The van der Waals surface area contributed by atoms with Crippen LogP contribution in [0.1, 0.15) is 5.56 Å². The maximum Gasteiger partial charge on any atom is 0.519 e. The van der Waals surface area contributed by atoms with E-state index in [0.717, 1.165) is 5.56 Å². The van der Waals surface area contributed by atoms with Crippen LogP contribution in [0.5, 0.6) is 28.7 Å². The molecule has 0 amide bonds. The highest BCUT2D eigenvalue weighted by Crippen LogP contribution is 2.32. The van der Waals surface area contributed by atoms with Gasteiger partial charge in [0.2, 0.25) is 0 Å². The second kappa shape index (κ2) is 6.71. The van der Waals surface area contributed by atoms with Crippen molar-refractivity contribution in [1.82, 2.24) is 0 Å². The van der Waals surface area contributed by atoms with Gasteiger partial charge in [0, 0.05) is 6.07 Å². The summed E-state index contributed by atoms with van der Waals surface area (Å²) in [6, 6.07) is 9.46. The summed E-state index contributed by atoms with van der Waals surface area (Å²) in [5.41, 5.74) is 0.730. The van der Waals surface area contributed by atoms with Crippen molar-refractivity contribution in [2.45, 2.75) is 6.92 Å². The molecular weight excluding hydrogens is 288 g/mol. The number of phenolic OH excluding ortho intramolecular Hbond substituents is 1. The summed E-state index contributed by atoms with van der Waals surface area (Å²) in [7, 11) is 2.91.